The molecule has 0 unspecified atom stereocenters. The van der Waals surface area contributed by atoms with E-state index in [0.717, 1.165) is 24.0 Å². The summed E-state index contributed by atoms with van der Waals surface area (Å²) in [6.07, 6.45) is 2.93. The van der Waals surface area contributed by atoms with Gasteiger partial charge < -0.3 is 10.6 Å². The van der Waals surface area contributed by atoms with Gasteiger partial charge >= 0.3 is 0 Å². The van der Waals surface area contributed by atoms with Gasteiger partial charge in [0.05, 0.1) is 4.70 Å². The van der Waals surface area contributed by atoms with Crippen LogP contribution in [0.5, 0.6) is 0 Å². The molecule has 0 aliphatic carbocycles. The van der Waals surface area contributed by atoms with Crippen LogP contribution in [0.25, 0.3) is 10.1 Å². The zero-order chi connectivity index (χ0) is 11.4. The van der Waals surface area contributed by atoms with Crippen LogP contribution in [0.3, 0.4) is 0 Å². The minimum Gasteiger partial charge on any atom is -0.362 e. The quantitative estimate of drug-likeness (QED) is 0.822. The maximum atomic E-state index is 5.17. The lowest BCUT2D eigenvalue weighted by Gasteiger charge is -2.09. The van der Waals surface area contributed by atoms with E-state index < -0.39 is 0 Å². The fourth-order valence-corrected chi connectivity index (χ4v) is 2.21. The van der Waals surface area contributed by atoms with Gasteiger partial charge in [-0.05, 0) is 48.4 Å². The van der Waals surface area contributed by atoms with Crippen LogP contribution in [0.15, 0.2) is 24.4 Å². The minimum absolute atomic E-state index is 0.671. The lowest BCUT2D eigenvalue weighted by molar-refractivity contribution is 0.846. The van der Waals surface area contributed by atoms with Gasteiger partial charge in [0.25, 0.3) is 0 Å². The van der Waals surface area contributed by atoms with Crippen LogP contribution >= 0.6 is 23.8 Å². The van der Waals surface area contributed by atoms with Crippen molar-refractivity contribution in [1.29, 1.82) is 0 Å². The van der Waals surface area contributed by atoms with Crippen LogP contribution in [0.2, 0.25) is 0 Å². The molecule has 2 rings (SSSR count). The molecule has 1 heterocycles. The third-order valence-corrected chi connectivity index (χ3v) is 3.17. The van der Waals surface area contributed by atoms with E-state index in [1.807, 2.05) is 12.3 Å². The highest BCUT2D eigenvalue weighted by Crippen LogP contribution is 2.21. The molecule has 0 saturated heterocycles. The van der Waals surface area contributed by atoms with E-state index in [1.165, 1.54) is 16.2 Å². The molecule has 0 radical (unpaired) electrons. The number of fused-ring (bicyclic) bond motifs is 1. The van der Waals surface area contributed by atoms with Gasteiger partial charge in [0.2, 0.25) is 0 Å². The number of aromatic nitrogens is 1. The predicted molar refractivity (Wildman–Crippen MR) is 74.1 cm³/mol. The molecule has 1 aromatic heterocycles. The van der Waals surface area contributed by atoms with Gasteiger partial charge in [-0.15, -0.1) is 0 Å². The average molecular weight is 251 g/mol. The molecule has 0 spiro atoms. The van der Waals surface area contributed by atoms with Gasteiger partial charge in [-0.1, -0.05) is 6.92 Å². The van der Waals surface area contributed by atoms with E-state index in [1.54, 1.807) is 0 Å². The monoisotopic (exact) mass is 251 g/mol. The first-order valence-electron chi connectivity index (χ1n) is 5.19. The van der Waals surface area contributed by atoms with Crippen LogP contribution in [0.1, 0.15) is 13.3 Å². The third kappa shape index (κ3) is 2.68. The van der Waals surface area contributed by atoms with E-state index in [0.29, 0.717) is 5.11 Å². The lowest BCUT2D eigenvalue weighted by atomic mass is 10.2. The fourth-order valence-electron chi connectivity index (χ4n) is 1.36. The van der Waals surface area contributed by atoms with Crippen LogP contribution in [0.4, 0.5) is 5.69 Å². The van der Waals surface area contributed by atoms with Crippen molar-refractivity contribution in [3.8, 4) is 0 Å². The van der Waals surface area contributed by atoms with Gasteiger partial charge in [-0.3, -0.25) is 0 Å². The zero-order valence-corrected chi connectivity index (χ0v) is 10.6. The predicted octanol–water partition coefficient (Wildman–Crippen LogP) is 2.99. The SMILES string of the molecule is CCCNC(=S)Nc1ccc2sncc2c1. The molecule has 0 bridgehead atoms. The molecular weight excluding hydrogens is 238 g/mol. The Morgan fingerprint density at radius 2 is 2.38 bits per heavy atom. The Balaban J connectivity index is 2.06. The summed E-state index contributed by atoms with van der Waals surface area (Å²) in [7, 11) is 0. The molecule has 0 fully saturated rings. The van der Waals surface area contributed by atoms with Crippen molar-refractivity contribution < 1.29 is 0 Å². The number of nitrogens with zero attached hydrogens (tertiary/aromatic N) is 1. The number of nitrogens with one attached hydrogen (secondary N) is 2. The molecule has 0 aliphatic rings. The van der Waals surface area contributed by atoms with Gasteiger partial charge in [0.15, 0.2) is 5.11 Å². The van der Waals surface area contributed by atoms with Gasteiger partial charge in [-0.25, -0.2) is 0 Å². The Hall–Kier alpha value is -1.20. The number of rotatable bonds is 3. The second kappa shape index (κ2) is 5.23. The molecule has 3 nitrogen and oxygen atoms in total. The highest BCUT2D eigenvalue weighted by Gasteiger charge is 2.00. The van der Waals surface area contributed by atoms with Crippen LogP contribution in [-0.4, -0.2) is 16.0 Å². The number of anilines is 1. The molecule has 5 heteroatoms. The lowest BCUT2D eigenvalue weighted by Crippen LogP contribution is -2.28. The Morgan fingerprint density at radius 1 is 1.50 bits per heavy atom. The summed E-state index contributed by atoms with van der Waals surface area (Å²) >= 11 is 6.67. The van der Waals surface area contributed by atoms with Crippen LogP contribution in [-0.2, 0) is 0 Å². The summed E-state index contributed by atoms with van der Waals surface area (Å²) in [5, 5.41) is 8.10. The first-order chi connectivity index (χ1) is 7.79. The van der Waals surface area contributed by atoms with Crippen molar-refractivity contribution in [1.82, 2.24) is 9.69 Å². The maximum absolute atomic E-state index is 5.17. The summed E-state index contributed by atoms with van der Waals surface area (Å²) in [6, 6.07) is 6.12. The van der Waals surface area contributed by atoms with Gasteiger partial charge in [-0.2, -0.15) is 4.37 Å². The van der Waals surface area contributed by atoms with E-state index in [2.05, 4.69) is 34.1 Å². The summed E-state index contributed by atoms with van der Waals surface area (Å²) in [4.78, 5) is 0. The highest BCUT2D eigenvalue weighted by atomic mass is 32.1. The fraction of sp³-hybridized carbons (Fsp3) is 0.273. The highest BCUT2D eigenvalue weighted by molar-refractivity contribution is 7.80. The van der Waals surface area contributed by atoms with Gasteiger partial charge in [0, 0.05) is 23.8 Å². The van der Waals surface area contributed by atoms with Crippen LogP contribution < -0.4 is 10.6 Å². The topological polar surface area (TPSA) is 37.0 Å². The van der Waals surface area contributed by atoms with E-state index in [9.17, 15) is 0 Å². The van der Waals surface area contributed by atoms with Crippen molar-refractivity contribution in [2.75, 3.05) is 11.9 Å². The second-order valence-electron chi connectivity index (χ2n) is 3.46. The van der Waals surface area contributed by atoms with Crippen molar-refractivity contribution in [3.05, 3.63) is 24.4 Å². The third-order valence-electron chi connectivity index (χ3n) is 2.15. The Morgan fingerprint density at radius 3 is 3.19 bits per heavy atom. The Bertz CT molecular complexity index is 493. The number of hydrogen-bond acceptors (Lipinski definition) is 3. The second-order valence-corrected chi connectivity index (χ2v) is 4.70. The van der Waals surface area contributed by atoms with Crippen molar-refractivity contribution in [3.63, 3.8) is 0 Å². The molecule has 0 saturated carbocycles. The number of benzene rings is 1. The summed E-state index contributed by atoms with van der Waals surface area (Å²) < 4.78 is 5.33. The molecule has 84 valence electrons. The van der Waals surface area contributed by atoms with Gasteiger partial charge in [0.1, 0.15) is 0 Å². The first kappa shape index (κ1) is 11.3. The minimum atomic E-state index is 0.671. The van der Waals surface area contributed by atoms with Crippen molar-refractivity contribution in [2.24, 2.45) is 0 Å². The summed E-state index contributed by atoms with van der Waals surface area (Å²) in [5.41, 5.74) is 1.00. The van der Waals surface area contributed by atoms with Crippen molar-refractivity contribution in [2.45, 2.75) is 13.3 Å². The molecule has 0 aliphatic heterocycles. The zero-order valence-electron chi connectivity index (χ0n) is 8.99. The molecular formula is C11H13N3S2. The maximum Gasteiger partial charge on any atom is 0.170 e. The normalized spacial score (nSPS) is 10.3. The Labute approximate surface area is 104 Å². The van der Waals surface area contributed by atoms with Crippen molar-refractivity contribution >= 4 is 44.6 Å². The molecule has 0 amide bonds. The molecule has 2 aromatic rings. The summed E-state index contributed by atoms with van der Waals surface area (Å²) in [5.74, 6) is 0. The van der Waals surface area contributed by atoms with E-state index in [-0.39, 0.29) is 0 Å². The standard InChI is InChI=1S/C11H13N3S2/c1-2-5-12-11(15)14-9-3-4-10-8(6-9)7-13-16-10/h3-4,6-7H,2,5H2,1H3,(H2,12,14,15). The largest absolute Gasteiger partial charge is 0.362 e. The number of thiocarbonyl (C=S) groups is 1. The Kier molecular flexibility index (Phi) is 3.69. The van der Waals surface area contributed by atoms with Crippen LogP contribution in [0, 0.1) is 0 Å². The molecule has 1 aromatic carbocycles. The molecule has 0 atom stereocenters. The first-order valence-corrected chi connectivity index (χ1v) is 6.37. The van der Waals surface area contributed by atoms with E-state index >= 15 is 0 Å². The summed E-state index contributed by atoms with van der Waals surface area (Å²) in [6.45, 7) is 3.01. The average Bonchev–Trinajstić information content (AvgIpc) is 2.73. The molecule has 16 heavy (non-hydrogen) atoms. The number of hydrogen-bond donors (Lipinski definition) is 2. The smallest absolute Gasteiger partial charge is 0.170 e. The molecule has 2 N–H and O–H groups in total. The van der Waals surface area contributed by atoms with E-state index in [4.69, 9.17) is 12.2 Å².